The summed E-state index contributed by atoms with van der Waals surface area (Å²) in [5.41, 5.74) is 0.722. The van der Waals surface area contributed by atoms with Gasteiger partial charge in [-0.1, -0.05) is 19.0 Å². The van der Waals surface area contributed by atoms with Crippen molar-refractivity contribution in [1.82, 2.24) is 20.4 Å². The van der Waals surface area contributed by atoms with Crippen LogP contribution in [0.3, 0.4) is 0 Å². The molecule has 1 aromatic heterocycles. The fraction of sp³-hybridized carbons (Fsp3) is 0.522. The number of benzene rings is 1. The first-order valence-corrected chi connectivity index (χ1v) is 11.0. The number of nitrogens with zero attached hydrogens (tertiary/aromatic N) is 3. The van der Waals surface area contributed by atoms with Gasteiger partial charge in [0.05, 0.1) is 5.41 Å². The van der Waals surface area contributed by atoms with E-state index in [-0.39, 0.29) is 35.6 Å². The molecule has 0 radical (unpaired) electrons. The van der Waals surface area contributed by atoms with E-state index < -0.39 is 5.41 Å². The SMILES string of the molecule is CC(=O)Nc1ccc(C(=O)NC2CC3CN(C(=O)C(C)C)CC3(c3nc(C)no3)C2)cc1. The summed E-state index contributed by atoms with van der Waals surface area (Å²) < 4.78 is 5.58. The lowest BCUT2D eigenvalue weighted by molar-refractivity contribution is -0.133. The van der Waals surface area contributed by atoms with Crippen LogP contribution in [0.15, 0.2) is 28.8 Å². The van der Waals surface area contributed by atoms with E-state index in [1.54, 1.807) is 31.2 Å². The van der Waals surface area contributed by atoms with Gasteiger partial charge < -0.3 is 20.1 Å². The zero-order chi connectivity index (χ0) is 23.0. The Morgan fingerprint density at radius 2 is 1.94 bits per heavy atom. The molecule has 0 spiro atoms. The molecule has 2 aromatic rings. The molecule has 9 nitrogen and oxygen atoms in total. The molecule has 1 aromatic carbocycles. The standard InChI is InChI=1S/C23H29N5O4/c1-13(2)21(31)28-11-17-9-19(10-23(17,12-28)22-24-14(3)27-32-22)26-20(30)16-5-7-18(8-6-16)25-15(4)29/h5-8,13,17,19H,9-12H2,1-4H3,(H,25,29)(H,26,30). The van der Waals surface area contributed by atoms with Gasteiger partial charge in [0.1, 0.15) is 0 Å². The number of rotatable bonds is 5. The third-order valence-electron chi connectivity index (χ3n) is 6.44. The Kier molecular flexibility index (Phi) is 5.75. The maximum Gasteiger partial charge on any atom is 0.251 e. The lowest BCUT2D eigenvalue weighted by Gasteiger charge is -2.26. The minimum atomic E-state index is -0.445. The second-order valence-electron chi connectivity index (χ2n) is 9.24. The van der Waals surface area contributed by atoms with Crippen LogP contribution in [0.25, 0.3) is 0 Å². The first-order valence-electron chi connectivity index (χ1n) is 11.0. The lowest BCUT2D eigenvalue weighted by atomic mass is 9.80. The molecule has 3 unspecified atom stereocenters. The Balaban J connectivity index is 1.49. The first-order chi connectivity index (χ1) is 15.2. The highest BCUT2D eigenvalue weighted by Gasteiger charge is 2.58. The number of amides is 3. The molecular formula is C23H29N5O4. The number of hydrogen-bond donors (Lipinski definition) is 2. The summed E-state index contributed by atoms with van der Waals surface area (Å²) in [6, 6.07) is 6.73. The molecule has 2 N–H and O–H groups in total. The van der Waals surface area contributed by atoms with Crippen molar-refractivity contribution in [3.8, 4) is 0 Å². The molecule has 1 aliphatic heterocycles. The molecule has 2 fully saturated rings. The number of aromatic nitrogens is 2. The number of aryl methyl sites for hydroxylation is 1. The van der Waals surface area contributed by atoms with Crippen molar-refractivity contribution in [2.75, 3.05) is 18.4 Å². The molecule has 2 aliphatic rings. The van der Waals surface area contributed by atoms with Crippen molar-refractivity contribution in [2.24, 2.45) is 11.8 Å². The Morgan fingerprint density at radius 3 is 2.53 bits per heavy atom. The average Bonchev–Trinajstić information content (AvgIpc) is 3.40. The summed E-state index contributed by atoms with van der Waals surface area (Å²) >= 11 is 0. The minimum absolute atomic E-state index is 0.0639. The van der Waals surface area contributed by atoms with Gasteiger partial charge in [0.15, 0.2) is 5.82 Å². The van der Waals surface area contributed by atoms with Crippen molar-refractivity contribution >= 4 is 23.4 Å². The quantitative estimate of drug-likeness (QED) is 0.738. The summed E-state index contributed by atoms with van der Waals surface area (Å²) in [4.78, 5) is 43.1. The summed E-state index contributed by atoms with van der Waals surface area (Å²) in [6.07, 6.45) is 1.37. The zero-order valence-corrected chi connectivity index (χ0v) is 18.8. The van der Waals surface area contributed by atoms with Crippen LogP contribution in [0, 0.1) is 18.8 Å². The third-order valence-corrected chi connectivity index (χ3v) is 6.44. The topological polar surface area (TPSA) is 117 Å². The van der Waals surface area contributed by atoms with E-state index in [2.05, 4.69) is 20.8 Å². The summed E-state index contributed by atoms with van der Waals surface area (Å²) in [6.45, 7) is 8.17. The Hall–Kier alpha value is -3.23. The van der Waals surface area contributed by atoms with Crippen LogP contribution in [0.5, 0.6) is 0 Å². The van der Waals surface area contributed by atoms with Crippen LogP contribution in [0.4, 0.5) is 5.69 Å². The van der Waals surface area contributed by atoms with Gasteiger partial charge in [0.25, 0.3) is 5.91 Å². The maximum atomic E-state index is 12.8. The van der Waals surface area contributed by atoms with Gasteiger partial charge in [-0.05, 0) is 49.9 Å². The zero-order valence-electron chi connectivity index (χ0n) is 18.8. The summed E-state index contributed by atoms with van der Waals surface area (Å²) in [7, 11) is 0. The smallest absolute Gasteiger partial charge is 0.251 e. The second-order valence-corrected chi connectivity index (χ2v) is 9.24. The van der Waals surface area contributed by atoms with Crippen molar-refractivity contribution in [3.63, 3.8) is 0 Å². The molecule has 1 aliphatic carbocycles. The predicted molar refractivity (Wildman–Crippen MR) is 117 cm³/mol. The number of carbonyl (C=O) groups is 3. The van der Waals surface area contributed by atoms with Crippen LogP contribution in [0.1, 0.15) is 55.7 Å². The number of carbonyl (C=O) groups excluding carboxylic acids is 3. The average molecular weight is 440 g/mol. The summed E-state index contributed by atoms with van der Waals surface area (Å²) in [5.74, 6) is 0.963. The number of likely N-dealkylation sites (tertiary alicyclic amines) is 1. The van der Waals surface area contributed by atoms with Gasteiger partial charge >= 0.3 is 0 Å². The highest BCUT2D eigenvalue weighted by atomic mass is 16.5. The fourth-order valence-electron chi connectivity index (χ4n) is 5.02. The molecule has 1 saturated carbocycles. The van der Waals surface area contributed by atoms with Crippen molar-refractivity contribution in [1.29, 1.82) is 0 Å². The normalized spacial score (nSPS) is 24.5. The van der Waals surface area contributed by atoms with Gasteiger partial charge in [0, 0.05) is 43.2 Å². The summed E-state index contributed by atoms with van der Waals surface area (Å²) in [5, 5.41) is 9.80. The van der Waals surface area contributed by atoms with Crippen LogP contribution in [-0.2, 0) is 15.0 Å². The molecule has 3 amide bonds. The minimum Gasteiger partial charge on any atom is -0.349 e. The molecular weight excluding hydrogens is 410 g/mol. The van der Waals surface area contributed by atoms with Crippen molar-refractivity contribution in [3.05, 3.63) is 41.5 Å². The van der Waals surface area contributed by atoms with E-state index >= 15 is 0 Å². The Morgan fingerprint density at radius 1 is 1.22 bits per heavy atom. The second kappa shape index (κ2) is 8.37. The van der Waals surface area contributed by atoms with Crippen LogP contribution < -0.4 is 10.6 Å². The number of fused-ring (bicyclic) bond motifs is 1. The monoisotopic (exact) mass is 439 g/mol. The number of anilines is 1. The molecule has 170 valence electrons. The van der Waals surface area contributed by atoms with Crippen LogP contribution in [-0.4, -0.2) is 51.9 Å². The van der Waals surface area contributed by atoms with Crippen molar-refractivity contribution in [2.45, 2.75) is 52.0 Å². The van der Waals surface area contributed by atoms with Gasteiger partial charge in [-0.25, -0.2) is 0 Å². The van der Waals surface area contributed by atoms with Crippen LogP contribution >= 0.6 is 0 Å². The highest BCUT2D eigenvalue weighted by molar-refractivity contribution is 5.95. The molecule has 1 saturated heterocycles. The van der Waals surface area contributed by atoms with E-state index in [0.29, 0.717) is 42.5 Å². The Labute approximate surface area is 186 Å². The molecule has 9 heteroatoms. The van der Waals surface area contributed by atoms with Gasteiger partial charge in [-0.2, -0.15) is 4.98 Å². The van der Waals surface area contributed by atoms with Gasteiger partial charge in [-0.3, -0.25) is 14.4 Å². The Bertz CT molecular complexity index is 1030. The van der Waals surface area contributed by atoms with E-state index in [4.69, 9.17) is 4.52 Å². The number of nitrogens with one attached hydrogen (secondary N) is 2. The molecule has 32 heavy (non-hydrogen) atoms. The van der Waals surface area contributed by atoms with E-state index in [0.717, 1.165) is 6.42 Å². The largest absolute Gasteiger partial charge is 0.349 e. The fourth-order valence-corrected chi connectivity index (χ4v) is 5.02. The maximum absolute atomic E-state index is 12.8. The molecule has 2 heterocycles. The first kappa shape index (κ1) is 22.0. The van der Waals surface area contributed by atoms with Crippen molar-refractivity contribution < 1.29 is 18.9 Å². The predicted octanol–water partition coefficient (Wildman–Crippen LogP) is 2.28. The van der Waals surface area contributed by atoms with Crippen LogP contribution in [0.2, 0.25) is 0 Å². The van der Waals surface area contributed by atoms with E-state index in [1.165, 1.54) is 6.92 Å². The highest BCUT2D eigenvalue weighted by Crippen LogP contribution is 2.50. The molecule has 0 bridgehead atoms. The molecule has 3 atom stereocenters. The lowest BCUT2D eigenvalue weighted by Crippen LogP contribution is -2.40. The van der Waals surface area contributed by atoms with E-state index in [9.17, 15) is 14.4 Å². The van der Waals surface area contributed by atoms with E-state index in [1.807, 2.05) is 18.7 Å². The molecule has 4 rings (SSSR count). The number of hydrogen-bond acceptors (Lipinski definition) is 6. The van der Waals surface area contributed by atoms with Gasteiger partial charge in [-0.15, -0.1) is 0 Å². The third kappa shape index (κ3) is 4.11. The van der Waals surface area contributed by atoms with Gasteiger partial charge in [0.2, 0.25) is 17.7 Å².